The normalized spacial score (nSPS) is 17.4. The predicted octanol–water partition coefficient (Wildman–Crippen LogP) is -0.0946. The molecule has 1 aliphatic rings. The van der Waals surface area contributed by atoms with Gasteiger partial charge in [-0.25, -0.2) is 13.1 Å². The van der Waals surface area contributed by atoms with Gasteiger partial charge in [0.15, 0.2) is 0 Å². The predicted molar refractivity (Wildman–Crippen MR) is 77.7 cm³/mol. The number of aryl methyl sites for hydroxylation is 1. The molecule has 0 aromatic carbocycles. The third-order valence-electron chi connectivity index (χ3n) is 3.40. The highest BCUT2D eigenvalue weighted by Crippen LogP contribution is 2.22. The minimum Gasteiger partial charge on any atom is -0.366 e. The van der Waals surface area contributed by atoms with Crippen molar-refractivity contribution in [2.45, 2.75) is 6.92 Å². The average Bonchev–Trinajstić information content (AvgIpc) is 2.45. The van der Waals surface area contributed by atoms with Crippen molar-refractivity contribution in [2.24, 2.45) is 7.05 Å². The first-order valence-corrected chi connectivity index (χ1v) is 8.30. The van der Waals surface area contributed by atoms with Crippen LogP contribution in [-0.2, 0) is 17.1 Å². The molecule has 0 bridgehead atoms. The van der Waals surface area contributed by atoms with Gasteiger partial charge in [0.25, 0.3) is 5.56 Å². The standard InChI is InChI=1S/C11H17ClN4O3S/c1-3-20(18,19)16-6-4-15(5-7-16)9-8-13-14(2)11(17)10(9)12/h8H,3-7H2,1-2H3. The van der Waals surface area contributed by atoms with Crippen LogP contribution in [-0.4, -0.2) is 54.4 Å². The molecule has 2 rings (SSSR count). The maximum absolute atomic E-state index is 11.8. The fourth-order valence-corrected chi connectivity index (χ4v) is 3.49. The van der Waals surface area contributed by atoms with Crippen molar-refractivity contribution in [2.75, 3.05) is 36.8 Å². The van der Waals surface area contributed by atoms with Crippen LogP contribution in [0.1, 0.15) is 6.92 Å². The van der Waals surface area contributed by atoms with Gasteiger partial charge < -0.3 is 4.90 Å². The van der Waals surface area contributed by atoms with Crippen molar-refractivity contribution in [3.8, 4) is 0 Å². The van der Waals surface area contributed by atoms with Gasteiger partial charge in [-0.15, -0.1) is 0 Å². The minimum atomic E-state index is -3.16. The number of hydrogen-bond acceptors (Lipinski definition) is 5. The van der Waals surface area contributed by atoms with Gasteiger partial charge in [-0.3, -0.25) is 4.79 Å². The summed E-state index contributed by atoms with van der Waals surface area (Å²) in [6.07, 6.45) is 1.54. The van der Waals surface area contributed by atoms with Gasteiger partial charge in [-0.05, 0) is 6.92 Å². The second-order valence-electron chi connectivity index (χ2n) is 4.56. The molecule has 0 atom stereocenters. The van der Waals surface area contributed by atoms with Gasteiger partial charge in [-0.1, -0.05) is 11.6 Å². The van der Waals surface area contributed by atoms with Gasteiger partial charge in [0.2, 0.25) is 10.0 Å². The molecule has 0 saturated carbocycles. The first-order valence-electron chi connectivity index (χ1n) is 6.31. The lowest BCUT2D eigenvalue weighted by Crippen LogP contribution is -2.49. The van der Waals surface area contributed by atoms with Crippen molar-refractivity contribution in [1.82, 2.24) is 14.1 Å². The van der Waals surface area contributed by atoms with Crippen LogP contribution in [0.3, 0.4) is 0 Å². The fourth-order valence-electron chi connectivity index (χ4n) is 2.11. The number of piperazine rings is 1. The molecule has 1 fully saturated rings. The lowest BCUT2D eigenvalue weighted by molar-refractivity contribution is 0.385. The summed E-state index contributed by atoms with van der Waals surface area (Å²) in [4.78, 5) is 13.6. The molecule has 0 amide bonds. The van der Waals surface area contributed by atoms with E-state index in [1.807, 2.05) is 4.90 Å². The Kier molecular flexibility index (Phi) is 4.36. The zero-order chi connectivity index (χ0) is 14.9. The second-order valence-corrected chi connectivity index (χ2v) is 7.19. The van der Waals surface area contributed by atoms with E-state index in [4.69, 9.17) is 11.6 Å². The largest absolute Gasteiger partial charge is 0.366 e. The molecule has 0 radical (unpaired) electrons. The molecule has 20 heavy (non-hydrogen) atoms. The highest BCUT2D eigenvalue weighted by Gasteiger charge is 2.26. The van der Waals surface area contributed by atoms with Gasteiger partial charge in [0, 0.05) is 33.2 Å². The van der Waals surface area contributed by atoms with Crippen LogP contribution in [0.25, 0.3) is 0 Å². The molecule has 0 spiro atoms. The first-order chi connectivity index (χ1) is 9.36. The number of aromatic nitrogens is 2. The third-order valence-corrected chi connectivity index (χ3v) is 5.63. The van der Waals surface area contributed by atoms with Gasteiger partial charge >= 0.3 is 0 Å². The molecule has 9 heteroatoms. The highest BCUT2D eigenvalue weighted by molar-refractivity contribution is 7.89. The minimum absolute atomic E-state index is 0.0984. The van der Waals surface area contributed by atoms with Crippen LogP contribution < -0.4 is 10.5 Å². The quantitative estimate of drug-likeness (QED) is 0.778. The van der Waals surface area contributed by atoms with Crippen molar-refractivity contribution in [3.05, 3.63) is 21.6 Å². The van der Waals surface area contributed by atoms with Crippen LogP contribution in [0.15, 0.2) is 11.0 Å². The Hall–Kier alpha value is -1.12. The van der Waals surface area contributed by atoms with Crippen molar-refractivity contribution in [1.29, 1.82) is 0 Å². The van der Waals surface area contributed by atoms with Crippen LogP contribution in [0.5, 0.6) is 0 Å². The van der Waals surface area contributed by atoms with E-state index in [0.717, 1.165) is 0 Å². The van der Waals surface area contributed by atoms with Gasteiger partial charge in [0.1, 0.15) is 5.02 Å². The van der Waals surface area contributed by atoms with Crippen LogP contribution in [0.2, 0.25) is 5.02 Å². The summed E-state index contributed by atoms with van der Waals surface area (Å²) >= 11 is 6.04. The van der Waals surface area contributed by atoms with E-state index < -0.39 is 10.0 Å². The Morgan fingerprint density at radius 3 is 2.45 bits per heavy atom. The van der Waals surface area contributed by atoms with E-state index >= 15 is 0 Å². The molecule has 112 valence electrons. The Bertz CT molecular complexity index is 650. The van der Waals surface area contributed by atoms with Crippen LogP contribution >= 0.6 is 11.6 Å². The monoisotopic (exact) mass is 320 g/mol. The van der Waals surface area contributed by atoms with Crippen LogP contribution in [0, 0.1) is 0 Å². The van der Waals surface area contributed by atoms with E-state index in [-0.39, 0.29) is 16.3 Å². The molecule has 7 nitrogen and oxygen atoms in total. The number of hydrogen-bond donors (Lipinski definition) is 0. The first kappa shape index (κ1) is 15.3. The van der Waals surface area contributed by atoms with E-state index in [2.05, 4.69) is 5.10 Å². The number of sulfonamides is 1. The van der Waals surface area contributed by atoms with E-state index in [1.54, 1.807) is 6.92 Å². The summed E-state index contributed by atoms with van der Waals surface area (Å²) < 4.78 is 26.2. The third kappa shape index (κ3) is 2.82. The molecular formula is C11H17ClN4O3S. The molecule has 2 heterocycles. The van der Waals surface area contributed by atoms with Crippen molar-refractivity contribution < 1.29 is 8.42 Å². The van der Waals surface area contributed by atoms with Gasteiger partial charge in [-0.2, -0.15) is 9.40 Å². The number of anilines is 1. The second kappa shape index (κ2) is 5.71. The number of halogens is 1. The average molecular weight is 321 g/mol. The Labute approximate surface area is 122 Å². The summed E-state index contributed by atoms with van der Waals surface area (Å²) in [7, 11) is -1.63. The summed E-state index contributed by atoms with van der Waals surface area (Å²) in [5.74, 6) is 0.0984. The molecule has 0 N–H and O–H groups in total. The van der Waals surface area contributed by atoms with Gasteiger partial charge in [0.05, 0.1) is 17.6 Å². The summed E-state index contributed by atoms with van der Waals surface area (Å²) in [5, 5.41) is 4.06. The smallest absolute Gasteiger partial charge is 0.287 e. The molecule has 0 aliphatic carbocycles. The van der Waals surface area contributed by atoms with Crippen molar-refractivity contribution in [3.63, 3.8) is 0 Å². The lowest BCUT2D eigenvalue weighted by atomic mass is 10.3. The fraction of sp³-hybridized carbons (Fsp3) is 0.636. The number of rotatable bonds is 3. The Morgan fingerprint density at radius 2 is 1.90 bits per heavy atom. The van der Waals surface area contributed by atoms with E-state index in [0.29, 0.717) is 31.9 Å². The molecule has 1 aliphatic heterocycles. The molecule has 0 unspecified atom stereocenters. The Balaban J connectivity index is 2.16. The lowest BCUT2D eigenvalue weighted by Gasteiger charge is -2.35. The maximum Gasteiger partial charge on any atom is 0.287 e. The molecule has 1 aromatic heterocycles. The molecule has 1 saturated heterocycles. The van der Waals surface area contributed by atoms with E-state index in [1.165, 1.54) is 22.2 Å². The SMILES string of the molecule is CCS(=O)(=O)N1CCN(c2cnn(C)c(=O)c2Cl)CC1. The van der Waals surface area contributed by atoms with Crippen LogP contribution in [0.4, 0.5) is 5.69 Å². The summed E-state index contributed by atoms with van der Waals surface area (Å²) in [6.45, 7) is 3.40. The highest BCUT2D eigenvalue weighted by atomic mass is 35.5. The zero-order valence-electron chi connectivity index (χ0n) is 11.4. The summed E-state index contributed by atoms with van der Waals surface area (Å²) in [6, 6.07) is 0. The summed E-state index contributed by atoms with van der Waals surface area (Å²) in [5.41, 5.74) is 0.205. The van der Waals surface area contributed by atoms with E-state index in [9.17, 15) is 13.2 Å². The molecule has 1 aromatic rings. The van der Waals surface area contributed by atoms with Crippen molar-refractivity contribution >= 4 is 27.3 Å². The maximum atomic E-state index is 11.8. The Morgan fingerprint density at radius 1 is 1.30 bits per heavy atom. The molecular weight excluding hydrogens is 304 g/mol. The zero-order valence-corrected chi connectivity index (χ0v) is 13.0. The topological polar surface area (TPSA) is 75.5 Å². The number of nitrogens with zero attached hydrogens (tertiary/aromatic N) is 4.